The zero-order valence-electron chi connectivity index (χ0n) is 29.4. The van der Waals surface area contributed by atoms with Gasteiger partial charge in [-0.05, 0) is 90.0 Å². The highest BCUT2D eigenvalue weighted by atomic mass is 14.9. The van der Waals surface area contributed by atoms with Crippen molar-refractivity contribution < 1.29 is 0 Å². The third-order valence-electron chi connectivity index (χ3n) is 12.4. The van der Waals surface area contributed by atoms with Crippen LogP contribution >= 0.6 is 0 Å². The molecule has 0 N–H and O–H groups in total. The largest absolute Gasteiger partial charge is 0.236 e. The van der Waals surface area contributed by atoms with Gasteiger partial charge in [0, 0.05) is 17.1 Å². The summed E-state index contributed by atoms with van der Waals surface area (Å²) in [5, 5.41) is 1.04. The molecule has 0 saturated carbocycles. The second-order valence-electron chi connectivity index (χ2n) is 14.8. The molecule has 0 aliphatic heterocycles. The Kier molecular flexibility index (Phi) is 5.94. The summed E-state index contributed by atoms with van der Waals surface area (Å²) in [4.78, 5) is 9.60. The van der Waals surface area contributed by atoms with Gasteiger partial charge in [0.15, 0.2) is 5.82 Å². The molecule has 0 saturated heterocycles. The Morgan fingerprint density at radius 2 is 0.722 bits per heavy atom. The minimum atomic E-state index is -0.508. The zero-order valence-corrected chi connectivity index (χ0v) is 29.4. The lowest BCUT2D eigenvalue weighted by Crippen LogP contribution is -2.43. The molecule has 1 aromatic heterocycles. The number of nitrogens with zero attached hydrogens (tertiary/aromatic N) is 2. The lowest BCUT2D eigenvalue weighted by molar-refractivity contribution is 0.633. The third-order valence-corrected chi connectivity index (χ3v) is 12.4. The van der Waals surface area contributed by atoms with Gasteiger partial charge in [-0.3, -0.25) is 0 Å². The Bertz CT molecular complexity index is 2920. The summed E-state index contributed by atoms with van der Waals surface area (Å²) in [6.45, 7) is 0. The van der Waals surface area contributed by atoms with E-state index < -0.39 is 10.8 Å². The molecule has 0 unspecified atom stereocenters. The van der Waals surface area contributed by atoms with Crippen molar-refractivity contribution in [3.8, 4) is 44.8 Å². The van der Waals surface area contributed by atoms with Crippen molar-refractivity contribution in [1.82, 2.24) is 9.97 Å². The maximum absolute atomic E-state index is 4.88. The molecule has 0 atom stereocenters. The number of aromatic nitrogens is 2. The Labute approximate surface area is 314 Å². The van der Waals surface area contributed by atoms with Crippen molar-refractivity contribution >= 4 is 10.9 Å². The number of hydrogen-bond acceptors (Lipinski definition) is 2. The van der Waals surface area contributed by atoms with E-state index in [9.17, 15) is 0 Å². The number of rotatable bonds is 2. The predicted octanol–water partition coefficient (Wildman–Crippen LogP) is 12.0. The van der Waals surface area contributed by atoms with Gasteiger partial charge >= 0.3 is 0 Å². The molecule has 3 aliphatic carbocycles. The highest BCUT2D eigenvalue weighted by Crippen LogP contribution is 2.67. The summed E-state index contributed by atoms with van der Waals surface area (Å²) < 4.78 is 0. The summed E-state index contributed by atoms with van der Waals surface area (Å²) in [6, 6.07) is 69.9. The van der Waals surface area contributed by atoms with Crippen LogP contribution in [0.3, 0.4) is 0 Å². The molecule has 0 radical (unpaired) electrons. The van der Waals surface area contributed by atoms with Gasteiger partial charge in [0.2, 0.25) is 0 Å². The second-order valence-corrected chi connectivity index (χ2v) is 14.8. The summed E-state index contributed by atoms with van der Waals surface area (Å²) in [5.41, 5.74) is 19.3. The fourth-order valence-electron chi connectivity index (χ4n) is 10.3. The van der Waals surface area contributed by atoms with Gasteiger partial charge in [0.1, 0.15) is 0 Å². The van der Waals surface area contributed by atoms with E-state index >= 15 is 0 Å². The van der Waals surface area contributed by atoms with E-state index in [1.165, 1.54) is 72.3 Å². The Hall–Kier alpha value is -6.90. The van der Waals surface area contributed by atoms with Crippen LogP contribution in [0.15, 0.2) is 194 Å². The topological polar surface area (TPSA) is 25.8 Å². The summed E-state index contributed by atoms with van der Waals surface area (Å²) in [5.74, 6) is 0.737. The van der Waals surface area contributed by atoms with Gasteiger partial charge < -0.3 is 0 Å². The molecule has 8 aromatic carbocycles. The van der Waals surface area contributed by atoms with Gasteiger partial charge in [-0.1, -0.05) is 176 Å². The first-order valence-electron chi connectivity index (χ1n) is 18.7. The van der Waals surface area contributed by atoms with E-state index in [4.69, 9.17) is 9.97 Å². The van der Waals surface area contributed by atoms with Crippen molar-refractivity contribution in [2.45, 2.75) is 10.8 Å². The number of benzene rings is 8. The minimum Gasteiger partial charge on any atom is -0.236 e. The van der Waals surface area contributed by atoms with Crippen LogP contribution in [0.25, 0.3) is 55.7 Å². The SMILES string of the molecule is c1ccc2c(c1)-c1ccccc1C21c2ccccc2C2(c3ccccc3-c3ccccc32)c2cc(-c3ccc(-c4ncc5ccccc5n4)cc3)ccc21. The number of hydrogen-bond donors (Lipinski definition) is 0. The first-order valence-corrected chi connectivity index (χ1v) is 18.7. The van der Waals surface area contributed by atoms with Crippen molar-refractivity contribution in [3.05, 3.63) is 239 Å². The molecule has 0 amide bonds. The molecule has 0 fully saturated rings. The van der Waals surface area contributed by atoms with Gasteiger partial charge in [-0.15, -0.1) is 0 Å². The summed E-state index contributed by atoms with van der Waals surface area (Å²) in [7, 11) is 0. The third kappa shape index (κ3) is 3.65. The molecular formula is C52H32N2. The molecule has 2 spiro atoms. The molecule has 12 rings (SSSR count). The number of para-hydroxylation sites is 1. The van der Waals surface area contributed by atoms with E-state index in [-0.39, 0.29) is 0 Å². The molecule has 2 heteroatoms. The van der Waals surface area contributed by atoms with E-state index in [0.717, 1.165) is 27.9 Å². The molecule has 0 bridgehead atoms. The monoisotopic (exact) mass is 684 g/mol. The number of fused-ring (bicyclic) bond motifs is 17. The first kappa shape index (κ1) is 29.7. The van der Waals surface area contributed by atoms with Crippen molar-refractivity contribution in [2.24, 2.45) is 0 Å². The van der Waals surface area contributed by atoms with Crippen LogP contribution in [-0.4, -0.2) is 9.97 Å². The average molecular weight is 685 g/mol. The van der Waals surface area contributed by atoms with E-state index in [2.05, 4.69) is 170 Å². The smallest absolute Gasteiger partial charge is 0.159 e. The van der Waals surface area contributed by atoms with Crippen LogP contribution < -0.4 is 0 Å². The van der Waals surface area contributed by atoms with Crippen LogP contribution in [0.1, 0.15) is 44.5 Å². The highest BCUT2D eigenvalue weighted by molar-refractivity contribution is 5.94. The van der Waals surface area contributed by atoms with E-state index in [1.54, 1.807) is 0 Å². The van der Waals surface area contributed by atoms with Gasteiger partial charge in [-0.2, -0.15) is 0 Å². The van der Waals surface area contributed by atoms with Crippen LogP contribution in [0, 0.1) is 0 Å². The molecule has 250 valence electrons. The lowest BCUT2D eigenvalue weighted by atomic mass is 9.52. The lowest BCUT2D eigenvalue weighted by Gasteiger charge is -2.49. The normalized spacial score (nSPS) is 14.6. The Morgan fingerprint density at radius 3 is 1.28 bits per heavy atom. The molecule has 2 nitrogen and oxygen atoms in total. The van der Waals surface area contributed by atoms with Crippen molar-refractivity contribution in [3.63, 3.8) is 0 Å². The Morgan fingerprint density at radius 1 is 0.315 bits per heavy atom. The minimum absolute atomic E-state index is 0.480. The van der Waals surface area contributed by atoms with Crippen LogP contribution in [0.5, 0.6) is 0 Å². The van der Waals surface area contributed by atoms with Gasteiger partial charge in [0.25, 0.3) is 0 Å². The molecule has 9 aromatic rings. The maximum atomic E-state index is 4.88. The molecule has 3 aliphatic rings. The summed E-state index contributed by atoms with van der Waals surface area (Å²) in [6.07, 6.45) is 1.92. The fourth-order valence-corrected chi connectivity index (χ4v) is 10.3. The first-order chi connectivity index (χ1) is 26.8. The Balaban J connectivity index is 1.16. The van der Waals surface area contributed by atoms with E-state index in [1.807, 2.05) is 24.4 Å². The van der Waals surface area contributed by atoms with Gasteiger partial charge in [-0.25, -0.2) is 9.97 Å². The van der Waals surface area contributed by atoms with Crippen molar-refractivity contribution in [1.29, 1.82) is 0 Å². The molecule has 1 heterocycles. The van der Waals surface area contributed by atoms with Crippen LogP contribution in [0.2, 0.25) is 0 Å². The average Bonchev–Trinajstić information content (AvgIpc) is 3.71. The highest BCUT2D eigenvalue weighted by Gasteiger charge is 2.58. The standard InChI is InChI=1S/C52H32N2/c1-12-24-49-36(13-1)32-53-50(54-49)34-27-25-33(26-28-34)35-29-30-47-48(31-35)52(43-20-8-4-16-39(43)40-17-5-9-21-44(40)52)46-23-11-10-22-45(46)51(47)41-18-6-2-14-37(41)38-15-3-7-19-42(38)51/h1-32H. The maximum Gasteiger partial charge on any atom is 0.159 e. The van der Waals surface area contributed by atoms with E-state index in [0.29, 0.717) is 0 Å². The molecular weight excluding hydrogens is 653 g/mol. The van der Waals surface area contributed by atoms with Crippen LogP contribution in [0.4, 0.5) is 0 Å². The fraction of sp³-hybridized carbons (Fsp3) is 0.0385. The van der Waals surface area contributed by atoms with Crippen LogP contribution in [-0.2, 0) is 10.8 Å². The second kappa shape index (κ2) is 10.8. The quantitative estimate of drug-likeness (QED) is 0.181. The summed E-state index contributed by atoms with van der Waals surface area (Å²) >= 11 is 0. The van der Waals surface area contributed by atoms with Gasteiger partial charge in [0.05, 0.1) is 16.3 Å². The van der Waals surface area contributed by atoms with Crippen molar-refractivity contribution in [2.75, 3.05) is 0 Å². The predicted molar refractivity (Wildman–Crippen MR) is 219 cm³/mol. The zero-order chi connectivity index (χ0) is 35.4. The molecule has 54 heavy (non-hydrogen) atoms.